The van der Waals surface area contributed by atoms with Crippen LogP contribution in [0.3, 0.4) is 0 Å². The molecule has 1 saturated heterocycles. The van der Waals surface area contributed by atoms with Crippen LogP contribution in [0.25, 0.3) is 0 Å². The highest BCUT2D eigenvalue weighted by molar-refractivity contribution is 6.35. The molecule has 4 rings (SSSR count). The molecule has 2 aromatic rings. The van der Waals surface area contributed by atoms with Crippen LogP contribution in [0.15, 0.2) is 24.4 Å². The Morgan fingerprint density at radius 1 is 1.26 bits per heavy atom. The second-order valence-electron chi connectivity index (χ2n) is 6.48. The summed E-state index contributed by atoms with van der Waals surface area (Å²) in [6, 6.07) is 6.17. The average molecular weight is 352 g/mol. The fourth-order valence-electron chi connectivity index (χ4n) is 3.67. The third kappa shape index (κ3) is 3.24. The predicted molar refractivity (Wildman–Crippen MR) is 90.6 cm³/mol. The summed E-state index contributed by atoms with van der Waals surface area (Å²) < 4.78 is 1.86. The number of hydrogen-bond donors (Lipinski definition) is 2. The minimum atomic E-state index is 0.507. The van der Waals surface area contributed by atoms with Crippen molar-refractivity contribution < 1.29 is 0 Å². The molecular formula is C16H19Cl2N5. The highest BCUT2D eigenvalue weighted by atomic mass is 35.5. The van der Waals surface area contributed by atoms with Crippen molar-refractivity contribution in [1.29, 1.82) is 0 Å². The van der Waals surface area contributed by atoms with Crippen molar-refractivity contribution >= 4 is 23.2 Å². The Labute approximate surface area is 145 Å². The third-order valence-electron chi connectivity index (χ3n) is 4.96. The van der Waals surface area contributed by atoms with E-state index in [1.807, 2.05) is 16.8 Å². The molecule has 7 heteroatoms. The van der Waals surface area contributed by atoms with E-state index in [9.17, 15) is 0 Å². The zero-order chi connectivity index (χ0) is 15.8. The van der Waals surface area contributed by atoms with Gasteiger partial charge in [0.25, 0.3) is 0 Å². The number of hydrazine groups is 1. The first-order valence-corrected chi connectivity index (χ1v) is 8.77. The van der Waals surface area contributed by atoms with Crippen LogP contribution in [0, 0.1) is 5.92 Å². The summed E-state index contributed by atoms with van der Waals surface area (Å²) in [6.07, 6.45) is 5.59. The summed E-state index contributed by atoms with van der Waals surface area (Å²) in [4.78, 5) is 0. The molecule has 2 aliphatic rings. The van der Waals surface area contributed by atoms with Gasteiger partial charge in [-0.25, -0.2) is 4.68 Å². The summed E-state index contributed by atoms with van der Waals surface area (Å²) >= 11 is 12.2. The van der Waals surface area contributed by atoms with Crippen LogP contribution >= 0.6 is 23.2 Å². The topological polar surface area (TPSA) is 54.8 Å². The lowest BCUT2D eigenvalue weighted by Gasteiger charge is -2.29. The first-order chi connectivity index (χ1) is 11.2. The summed E-state index contributed by atoms with van der Waals surface area (Å²) in [5, 5.41) is 9.99. The molecule has 122 valence electrons. The van der Waals surface area contributed by atoms with Crippen molar-refractivity contribution in [2.24, 2.45) is 5.92 Å². The van der Waals surface area contributed by atoms with Gasteiger partial charge < -0.3 is 0 Å². The van der Waals surface area contributed by atoms with Gasteiger partial charge in [0.05, 0.1) is 12.2 Å². The van der Waals surface area contributed by atoms with E-state index in [0.29, 0.717) is 34.5 Å². The molecule has 1 saturated carbocycles. The van der Waals surface area contributed by atoms with Gasteiger partial charge in [0.15, 0.2) is 0 Å². The Bertz CT molecular complexity index is 702. The van der Waals surface area contributed by atoms with E-state index in [2.05, 4.69) is 27.4 Å². The number of nitrogens with zero attached hydrogens (tertiary/aromatic N) is 3. The summed E-state index contributed by atoms with van der Waals surface area (Å²) in [5.41, 5.74) is 8.73. The molecule has 0 spiro atoms. The molecule has 1 aromatic carbocycles. The number of aromatic nitrogens is 3. The van der Waals surface area contributed by atoms with E-state index in [4.69, 9.17) is 23.2 Å². The van der Waals surface area contributed by atoms with Crippen molar-refractivity contribution in [1.82, 2.24) is 25.8 Å². The molecule has 0 amide bonds. The normalized spacial score (nSPS) is 27.1. The average Bonchev–Trinajstić information content (AvgIpc) is 3.18. The molecule has 1 aliphatic carbocycles. The standard InChI is InChI=1S/C16H19Cl2N5/c17-13-3-1-11(14(18)6-13)8-23-9-16(21-22-23)10-2-4-15-12(5-10)7-19-20-15/h1,3,6,9-10,12,15,19-20H,2,4-5,7-8H2. The summed E-state index contributed by atoms with van der Waals surface area (Å²) in [5.74, 6) is 1.21. The zero-order valence-electron chi connectivity index (χ0n) is 12.7. The van der Waals surface area contributed by atoms with Gasteiger partial charge in [0.1, 0.15) is 0 Å². The molecule has 2 N–H and O–H groups in total. The molecular weight excluding hydrogens is 333 g/mol. The molecule has 3 atom stereocenters. The third-order valence-corrected chi connectivity index (χ3v) is 5.54. The number of hydrogen-bond acceptors (Lipinski definition) is 4. The van der Waals surface area contributed by atoms with Crippen LogP contribution in [0.5, 0.6) is 0 Å². The molecule has 1 aromatic heterocycles. The van der Waals surface area contributed by atoms with Gasteiger partial charge in [-0.2, -0.15) is 0 Å². The van der Waals surface area contributed by atoms with Gasteiger partial charge in [0, 0.05) is 34.7 Å². The Balaban J connectivity index is 1.46. The summed E-state index contributed by atoms with van der Waals surface area (Å²) in [7, 11) is 0. The second-order valence-corrected chi connectivity index (χ2v) is 7.32. The van der Waals surface area contributed by atoms with Crippen LogP contribution in [-0.4, -0.2) is 27.6 Å². The monoisotopic (exact) mass is 351 g/mol. The van der Waals surface area contributed by atoms with Crippen molar-refractivity contribution in [3.8, 4) is 0 Å². The van der Waals surface area contributed by atoms with Crippen molar-refractivity contribution in [3.63, 3.8) is 0 Å². The van der Waals surface area contributed by atoms with E-state index in [1.54, 1.807) is 6.07 Å². The summed E-state index contributed by atoms with van der Waals surface area (Å²) in [6.45, 7) is 1.67. The van der Waals surface area contributed by atoms with Gasteiger partial charge in [-0.15, -0.1) is 5.10 Å². The minimum absolute atomic E-state index is 0.507. The van der Waals surface area contributed by atoms with Crippen molar-refractivity contribution in [2.75, 3.05) is 6.54 Å². The lowest BCUT2D eigenvalue weighted by Crippen LogP contribution is -2.34. The lowest BCUT2D eigenvalue weighted by molar-refractivity contribution is 0.299. The Hall–Kier alpha value is -1.14. The van der Waals surface area contributed by atoms with Gasteiger partial charge in [-0.1, -0.05) is 34.5 Å². The van der Waals surface area contributed by atoms with Crippen LogP contribution in [0.4, 0.5) is 0 Å². The SMILES string of the molecule is Clc1ccc(Cn2cc(C3CCC4NNCC4C3)nn2)c(Cl)c1. The number of fused-ring (bicyclic) bond motifs is 1. The first-order valence-electron chi connectivity index (χ1n) is 8.01. The number of halogens is 2. The second kappa shape index (κ2) is 6.40. The van der Waals surface area contributed by atoms with Gasteiger partial charge in [-0.05, 0) is 42.9 Å². The van der Waals surface area contributed by atoms with Gasteiger partial charge in [0.2, 0.25) is 0 Å². The smallest absolute Gasteiger partial charge is 0.0858 e. The van der Waals surface area contributed by atoms with E-state index < -0.39 is 0 Å². The van der Waals surface area contributed by atoms with Crippen LogP contribution in [0.1, 0.15) is 36.4 Å². The van der Waals surface area contributed by atoms with Gasteiger partial charge in [-0.3, -0.25) is 10.9 Å². The maximum Gasteiger partial charge on any atom is 0.0858 e. The molecule has 0 radical (unpaired) electrons. The predicted octanol–water partition coefficient (Wildman–Crippen LogP) is 2.99. The van der Waals surface area contributed by atoms with E-state index in [0.717, 1.165) is 24.2 Å². The minimum Gasteiger partial charge on any atom is -0.257 e. The maximum absolute atomic E-state index is 6.24. The van der Waals surface area contributed by atoms with Crippen LogP contribution in [0.2, 0.25) is 10.0 Å². The molecule has 2 heterocycles. The maximum atomic E-state index is 6.24. The van der Waals surface area contributed by atoms with Crippen LogP contribution in [-0.2, 0) is 6.54 Å². The number of benzene rings is 1. The molecule has 23 heavy (non-hydrogen) atoms. The molecule has 1 aliphatic heterocycles. The largest absolute Gasteiger partial charge is 0.257 e. The van der Waals surface area contributed by atoms with Crippen molar-refractivity contribution in [3.05, 3.63) is 45.7 Å². The fourth-order valence-corrected chi connectivity index (χ4v) is 4.14. The first kappa shape index (κ1) is 15.4. The quantitative estimate of drug-likeness (QED) is 0.892. The van der Waals surface area contributed by atoms with E-state index in [1.165, 1.54) is 12.8 Å². The Kier molecular flexibility index (Phi) is 4.28. The van der Waals surface area contributed by atoms with E-state index in [-0.39, 0.29) is 0 Å². The molecule has 0 bridgehead atoms. The Morgan fingerprint density at radius 3 is 3.04 bits per heavy atom. The lowest BCUT2D eigenvalue weighted by atomic mass is 9.78. The van der Waals surface area contributed by atoms with Gasteiger partial charge >= 0.3 is 0 Å². The Morgan fingerprint density at radius 2 is 2.17 bits per heavy atom. The molecule has 3 unspecified atom stereocenters. The van der Waals surface area contributed by atoms with Crippen LogP contribution < -0.4 is 10.9 Å². The molecule has 2 fully saturated rings. The molecule has 5 nitrogen and oxygen atoms in total. The fraction of sp³-hybridized carbons (Fsp3) is 0.500. The number of nitrogens with one attached hydrogen (secondary N) is 2. The van der Waals surface area contributed by atoms with Crippen molar-refractivity contribution in [2.45, 2.75) is 37.8 Å². The highest BCUT2D eigenvalue weighted by Gasteiger charge is 2.35. The highest BCUT2D eigenvalue weighted by Crippen LogP contribution is 2.36. The van der Waals surface area contributed by atoms with E-state index >= 15 is 0 Å². The number of rotatable bonds is 3. The zero-order valence-corrected chi connectivity index (χ0v) is 14.2.